The second kappa shape index (κ2) is 11.2. The first-order chi connectivity index (χ1) is 16.7. The van der Waals surface area contributed by atoms with Gasteiger partial charge in [-0.1, -0.05) is 5.16 Å². The molecule has 0 bridgehead atoms. The number of hydrogen-bond donors (Lipinski definition) is 3. The number of anilines is 1. The number of rotatable bonds is 10. The Balaban J connectivity index is 1.77. The van der Waals surface area contributed by atoms with Crippen LogP contribution in [0.1, 0.15) is 19.5 Å². The molecule has 35 heavy (non-hydrogen) atoms. The summed E-state index contributed by atoms with van der Waals surface area (Å²) in [5.41, 5.74) is -0.446. The number of carboxylic acid groups (broad SMARTS) is 1. The molecular formula is C19H20ClN5O9S. The largest absolute Gasteiger partial charge is 0.477 e. The van der Waals surface area contributed by atoms with E-state index < -0.39 is 41.1 Å². The fourth-order valence-electron chi connectivity index (χ4n) is 3.12. The predicted octanol–water partition coefficient (Wildman–Crippen LogP) is -0.106. The highest BCUT2D eigenvalue weighted by Gasteiger charge is 2.54. The van der Waals surface area contributed by atoms with Crippen molar-refractivity contribution < 1.29 is 43.1 Å². The first kappa shape index (κ1) is 26.0. The number of fused-ring (bicyclic) bond motifs is 1. The number of hydrogen-bond acceptors (Lipinski definition) is 11. The molecular weight excluding hydrogens is 510 g/mol. The summed E-state index contributed by atoms with van der Waals surface area (Å²) < 4.78 is 9.97. The summed E-state index contributed by atoms with van der Waals surface area (Å²) in [6.45, 7) is 2.67. The Kier molecular flexibility index (Phi) is 8.34. The molecule has 0 aromatic carbocycles. The van der Waals surface area contributed by atoms with Gasteiger partial charge < -0.3 is 24.4 Å². The molecule has 0 spiro atoms. The van der Waals surface area contributed by atoms with Crippen LogP contribution in [0.5, 0.6) is 0 Å². The highest BCUT2D eigenvalue weighted by molar-refractivity contribution is 8.00. The minimum absolute atomic E-state index is 0.0875. The van der Waals surface area contributed by atoms with E-state index in [4.69, 9.17) is 25.6 Å². The number of β-lactam (4-membered cyclic amide) rings is 1. The van der Waals surface area contributed by atoms with Gasteiger partial charge >= 0.3 is 18.0 Å². The lowest BCUT2D eigenvalue weighted by Crippen LogP contribution is -2.71. The number of alkyl halides is 1. The third-order valence-corrected chi connectivity index (χ3v) is 6.18. The summed E-state index contributed by atoms with van der Waals surface area (Å²) in [7, 11) is 0. The number of oxazole rings is 1. The topological polar surface area (TPSA) is 190 Å². The van der Waals surface area contributed by atoms with Crippen molar-refractivity contribution in [1.29, 1.82) is 0 Å². The Labute approximate surface area is 207 Å². The number of halogens is 1. The molecule has 0 saturated carbocycles. The van der Waals surface area contributed by atoms with Crippen molar-refractivity contribution >= 4 is 64.7 Å². The highest BCUT2D eigenvalue weighted by Crippen LogP contribution is 2.40. The molecule has 3 rings (SSSR count). The SMILES string of the molecule is CCON=C(C(=O)N[C@H]1C(=O)N2C(C(=O)O)=C(COC(C)=O)CS[C@H]12)c1coc(NC(=O)CCl)n1. The van der Waals surface area contributed by atoms with E-state index in [2.05, 4.69) is 20.8 Å². The van der Waals surface area contributed by atoms with Crippen LogP contribution in [-0.2, 0) is 33.5 Å². The van der Waals surface area contributed by atoms with Crippen molar-refractivity contribution in [2.24, 2.45) is 5.16 Å². The second-order valence-electron chi connectivity index (χ2n) is 6.98. The summed E-state index contributed by atoms with van der Waals surface area (Å²) in [6, 6.07) is -1.29. The Bertz CT molecular complexity index is 1120. The van der Waals surface area contributed by atoms with Gasteiger partial charge in [0.15, 0.2) is 5.71 Å². The van der Waals surface area contributed by atoms with E-state index in [0.717, 1.165) is 11.2 Å². The zero-order valence-corrected chi connectivity index (χ0v) is 20.0. The first-order valence-electron chi connectivity index (χ1n) is 10.0. The van der Waals surface area contributed by atoms with Crippen LogP contribution in [0.2, 0.25) is 0 Å². The normalized spacial score (nSPS) is 19.5. The van der Waals surface area contributed by atoms with Crippen LogP contribution in [0.25, 0.3) is 0 Å². The van der Waals surface area contributed by atoms with Crippen LogP contribution in [-0.4, -0.2) is 86.6 Å². The number of amides is 3. The molecule has 0 radical (unpaired) electrons. The predicted molar refractivity (Wildman–Crippen MR) is 120 cm³/mol. The van der Waals surface area contributed by atoms with Crippen LogP contribution in [0.3, 0.4) is 0 Å². The number of nitrogens with zero attached hydrogens (tertiary/aromatic N) is 3. The minimum Gasteiger partial charge on any atom is -0.477 e. The number of nitrogens with one attached hydrogen (secondary N) is 2. The van der Waals surface area contributed by atoms with Gasteiger partial charge in [-0.15, -0.1) is 23.4 Å². The lowest BCUT2D eigenvalue weighted by molar-refractivity contribution is -0.150. The molecule has 0 aliphatic carbocycles. The molecule has 2 aliphatic rings. The highest BCUT2D eigenvalue weighted by atomic mass is 35.5. The Hall–Kier alpha value is -3.59. The van der Waals surface area contributed by atoms with Crippen molar-refractivity contribution in [3.8, 4) is 0 Å². The van der Waals surface area contributed by atoms with Crippen molar-refractivity contribution in [2.75, 3.05) is 30.2 Å². The van der Waals surface area contributed by atoms with Crippen molar-refractivity contribution in [2.45, 2.75) is 25.3 Å². The lowest BCUT2D eigenvalue weighted by atomic mass is 10.0. The van der Waals surface area contributed by atoms with E-state index in [1.54, 1.807) is 6.92 Å². The Morgan fingerprint density at radius 3 is 2.77 bits per heavy atom. The van der Waals surface area contributed by atoms with E-state index in [-0.39, 0.29) is 53.5 Å². The third-order valence-electron chi connectivity index (χ3n) is 4.60. The second-order valence-corrected chi connectivity index (χ2v) is 8.35. The summed E-state index contributed by atoms with van der Waals surface area (Å²) in [5.74, 6) is -4.21. The molecule has 1 fully saturated rings. The van der Waals surface area contributed by atoms with Crippen molar-refractivity contribution in [1.82, 2.24) is 15.2 Å². The lowest BCUT2D eigenvalue weighted by Gasteiger charge is -2.49. The first-order valence-corrected chi connectivity index (χ1v) is 11.6. The maximum absolute atomic E-state index is 12.9. The van der Waals surface area contributed by atoms with Crippen LogP contribution in [0, 0.1) is 0 Å². The van der Waals surface area contributed by atoms with Crippen LogP contribution in [0.4, 0.5) is 6.01 Å². The molecule has 3 N–H and O–H groups in total. The van der Waals surface area contributed by atoms with Gasteiger partial charge in [0.2, 0.25) is 5.91 Å². The molecule has 1 aromatic rings. The van der Waals surface area contributed by atoms with Gasteiger partial charge in [-0.2, -0.15) is 4.98 Å². The smallest absolute Gasteiger partial charge is 0.352 e. The van der Waals surface area contributed by atoms with Gasteiger partial charge in [0, 0.05) is 18.2 Å². The minimum atomic E-state index is -1.36. The molecule has 1 aromatic heterocycles. The van der Waals surface area contributed by atoms with Gasteiger partial charge in [0.1, 0.15) is 48.2 Å². The van der Waals surface area contributed by atoms with Gasteiger partial charge in [0.05, 0.1) is 0 Å². The van der Waals surface area contributed by atoms with E-state index >= 15 is 0 Å². The van der Waals surface area contributed by atoms with Crippen molar-refractivity contribution in [3.63, 3.8) is 0 Å². The standard InChI is InChI=1S/C19H20ClN5O9S/c1-3-34-24-12(10-6-33-19(21-10)22-11(27)4-20)15(28)23-13-16(29)25-14(18(30)31)9(5-32-8(2)26)7-35-17(13)25/h6,13,17H,3-5,7H2,1-2H3,(H,23,28)(H,30,31)(H,21,22,27)/t13-,17+/m0/s1. The number of thioether (sulfide) groups is 1. The van der Waals surface area contributed by atoms with Crippen molar-refractivity contribution in [3.05, 3.63) is 23.2 Å². The summed E-state index contributed by atoms with van der Waals surface area (Å²) in [5, 5.41) is 17.4. The summed E-state index contributed by atoms with van der Waals surface area (Å²) in [4.78, 5) is 70.0. The van der Waals surface area contributed by atoms with Gasteiger partial charge in [-0.05, 0) is 6.92 Å². The number of carboxylic acids is 1. The van der Waals surface area contributed by atoms with E-state index in [1.165, 1.54) is 18.7 Å². The number of esters is 1. The molecule has 2 atom stereocenters. The van der Waals surface area contributed by atoms with E-state index in [1.807, 2.05) is 0 Å². The zero-order valence-electron chi connectivity index (χ0n) is 18.4. The number of carbonyl (C=O) groups excluding carboxylic acids is 4. The maximum atomic E-state index is 12.9. The Morgan fingerprint density at radius 2 is 2.14 bits per heavy atom. The number of aliphatic carboxylic acids is 1. The number of carbonyl (C=O) groups is 5. The molecule has 1 saturated heterocycles. The fraction of sp³-hybridized carbons (Fsp3) is 0.421. The molecule has 188 valence electrons. The number of oxime groups is 1. The monoisotopic (exact) mass is 529 g/mol. The number of ether oxygens (including phenoxy) is 1. The summed E-state index contributed by atoms with van der Waals surface area (Å²) in [6.07, 6.45) is 1.05. The maximum Gasteiger partial charge on any atom is 0.352 e. The molecule has 14 nitrogen and oxygen atoms in total. The van der Waals surface area contributed by atoms with Gasteiger partial charge in [-0.3, -0.25) is 29.4 Å². The van der Waals surface area contributed by atoms with E-state index in [0.29, 0.717) is 0 Å². The number of aromatic nitrogens is 1. The quantitative estimate of drug-likeness (QED) is 0.120. The average molecular weight is 530 g/mol. The van der Waals surface area contributed by atoms with E-state index in [9.17, 15) is 29.1 Å². The molecule has 3 heterocycles. The fourth-order valence-corrected chi connectivity index (χ4v) is 4.51. The van der Waals surface area contributed by atoms with Gasteiger partial charge in [0.25, 0.3) is 11.8 Å². The molecule has 16 heteroatoms. The van der Waals surface area contributed by atoms with Crippen LogP contribution in [0.15, 0.2) is 27.1 Å². The Morgan fingerprint density at radius 1 is 1.40 bits per heavy atom. The van der Waals surface area contributed by atoms with Crippen LogP contribution >= 0.6 is 23.4 Å². The molecule has 2 aliphatic heterocycles. The van der Waals surface area contributed by atoms with Crippen LogP contribution < -0.4 is 10.6 Å². The van der Waals surface area contributed by atoms with Gasteiger partial charge in [-0.25, -0.2) is 4.79 Å². The summed E-state index contributed by atoms with van der Waals surface area (Å²) >= 11 is 6.62. The third kappa shape index (κ3) is 5.74. The molecule has 0 unspecified atom stereocenters. The zero-order chi connectivity index (χ0) is 25.7. The molecule has 3 amide bonds. The average Bonchev–Trinajstić information content (AvgIpc) is 3.28.